The van der Waals surface area contributed by atoms with Crippen molar-refractivity contribution in [3.8, 4) is 5.75 Å². The van der Waals surface area contributed by atoms with Crippen molar-refractivity contribution in [2.45, 2.75) is 26.8 Å². The number of rotatable bonds is 5. The van der Waals surface area contributed by atoms with E-state index in [-0.39, 0.29) is 12.2 Å². The summed E-state index contributed by atoms with van der Waals surface area (Å²) in [7, 11) is 1.62. The molecular formula is C16H19N3O2. The van der Waals surface area contributed by atoms with Crippen LogP contribution in [-0.2, 0) is 13.0 Å². The van der Waals surface area contributed by atoms with Gasteiger partial charge in [-0.25, -0.2) is 0 Å². The molecule has 0 saturated carbocycles. The predicted octanol–water partition coefficient (Wildman–Crippen LogP) is 1.99. The molecule has 5 heteroatoms. The van der Waals surface area contributed by atoms with Gasteiger partial charge in [-0.2, -0.15) is 0 Å². The molecule has 0 spiro atoms. The molecule has 2 aromatic heterocycles. The lowest BCUT2D eigenvalue weighted by molar-refractivity contribution is 0.0991. The molecule has 0 bridgehead atoms. The maximum Gasteiger partial charge on any atom is 0.168 e. The van der Waals surface area contributed by atoms with E-state index >= 15 is 0 Å². The van der Waals surface area contributed by atoms with E-state index < -0.39 is 0 Å². The van der Waals surface area contributed by atoms with Gasteiger partial charge >= 0.3 is 0 Å². The van der Waals surface area contributed by atoms with Crippen molar-refractivity contribution in [1.29, 1.82) is 0 Å². The van der Waals surface area contributed by atoms with Crippen molar-refractivity contribution in [1.82, 2.24) is 9.97 Å². The number of methoxy groups -OCH3 is 1. The highest BCUT2D eigenvalue weighted by Crippen LogP contribution is 2.24. The maximum absolute atomic E-state index is 12.4. The quantitative estimate of drug-likeness (QED) is 0.850. The lowest BCUT2D eigenvalue weighted by atomic mass is 10.0. The van der Waals surface area contributed by atoms with Gasteiger partial charge in [0.15, 0.2) is 5.78 Å². The number of nitrogens with zero attached hydrogens (tertiary/aromatic N) is 2. The molecule has 0 aliphatic rings. The molecule has 0 unspecified atom stereocenters. The molecule has 2 heterocycles. The number of carbonyl (C=O) groups excluding carboxylic acids is 1. The summed E-state index contributed by atoms with van der Waals surface area (Å²) in [4.78, 5) is 20.8. The van der Waals surface area contributed by atoms with Gasteiger partial charge in [-0.1, -0.05) is 0 Å². The Morgan fingerprint density at radius 1 is 1.33 bits per heavy atom. The number of Topliss-reactive ketones (excluding diaryl/α,β-unsaturated/α-hetero) is 1. The Bertz CT molecular complexity index is 669. The fourth-order valence-electron chi connectivity index (χ4n) is 2.27. The molecular weight excluding hydrogens is 266 g/mol. The first kappa shape index (κ1) is 15.1. The summed E-state index contributed by atoms with van der Waals surface area (Å²) in [5.41, 5.74) is 9.44. The molecule has 0 atom stereocenters. The molecule has 21 heavy (non-hydrogen) atoms. The normalized spacial score (nSPS) is 10.5. The van der Waals surface area contributed by atoms with Crippen LogP contribution in [0.5, 0.6) is 5.75 Å². The van der Waals surface area contributed by atoms with Gasteiger partial charge in [0.2, 0.25) is 0 Å². The first-order chi connectivity index (χ1) is 10.1. The van der Waals surface area contributed by atoms with Crippen LogP contribution in [-0.4, -0.2) is 22.9 Å². The third-order valence-corrected chi connectivity index (χ3v) is 3.43. The number of pyridine rings is 2. The van der Waals surface area contributed by atoms with Crippen LogP contribution in [0.2, 0.25) is 0 Å². The summed E-state index contributed by atoms with van der Waals surface area (Å²) in [6, 6.07) is 3.42. The second-order valence-corrected chi connectivity index (χ2v) is 4.89. The van der Waals surface area contributed by atoms with Crippen molar-refractivity contribution in [2.75, 3.05) is 7.11 Å². The van der Waals surface area contributed by atoms with Crippen LogP contribution in [0.15, 0.2) is 24.5 Å². The lowest BCUT2D eigenvalue weighted by Crippen LogP contribution is -2.10. The van der Waals surface area contributed by atoms with Gasteiger partial charge in [0.25, 0.3) is 0 Å². The minimum Gasteiger partial charge on any atom is -0.496 e. The monoisotopic (exact) mass is 285 g/mol. The van der Waals surface area contributed by atoms with E-state index in [1.54, 1.807) is 31.6 Å². The van der Waals surface area contributed by atoms with Gasteiger partial charge in [-0.3, -0.25) is 14.8 Å². The molecule has 0 aliphatic carbocycles. The predicted molar refractivity (Wildman–Crippen MR) is 80.4 cm³/mol. The number of nitrogens with two attached hydrogens (primary N) is 1. The molecule has 2 aromatic rings. The largest absolute Gasteiger partial charge is 0.496 e. The number of hydrogen-bond acceptors (Lipinski definition) is 5. The molecule has 0 aromatic carbocycles. The molecule has 0 amide bonds. The van der Waals surface area contributed by atoms with Crippen molar-refractivity contribution in [3.05, 3.63) is 52.6 Å². The summed E-state index contributed by atoms with van der Waals surface area (Å²) in [5.74, 6) is 0.777. The van der Waals surface area contributed by atoms with Crippen LogP contribution < -0.4 is 10.5 Å². The molecule has 0 radical (unpaired) electrons. The number of hydrogen-bond donors (Lipinski definition) is 1. The van der Waals surface area contributed by atoms with Gasteiger partial charge in [-0.15, -0.1) is 0 Å². The van der Waals surface area contributed by atoms with Gasteiger partial charge in [0.1, 0.15) is 5.75 Å². The summed E-state index contributed by atoms with van der Waals surface area (Å²) in [6.07, 6.45) is 3.56. The first-order valence-corrected chi connectivity index (χ1v) is 6.74. The van der Waals surface area contributed by atoms with E-state index in [1.165, 1.54) is 0 Å². The second kappa shape index (κ2) is 6.45. The van der Waals surface area contributed by atoms with Crippen LogP contribution in [0, 0.1) is 13.8 Å². The van der Waals surface area contributed by atoms with Gasteiger partial charge < -0.3 is 10.5 Å². The average Bonchev–Trinajstić information content (AvgIpc) is 2.50. The van der Waals surface area contributed by atoms with Crippen LogP contribution in [0.3, 0.4) is 0 Å². The van der Waals surface area contributed by atoms with Crippen molar-refractivity contribution >= 4 is 5.78 Å². The zero-order valence-electron chi connectivity index (χ0n) is 12.5. The van der Waals surface area contributed by atoms with Crippen molar-refractivity contribution in [2.24, 2.45) is 5.73 Å². The van der Waals surface area contributed by atoms with Crippen LogP contribution in [0.25, 0.3) is 0 Å². The number of carbonyl (C=O) groups is 1. The van der Waals surface area contributed by atoms with Crippen LogP contribution in [0.4, 0.5) is 0 Å². The standard InChI is InChI=1S/C16H19N3O2/c1-10-9-19-14(11(2)16(10)21-3)7-15(20)12-4-5-18-13(6-12)8-17/h4-6,9H,7-8,17H2,1-3H3. The van der Waals surface area contributed by atoms with Crippen molar-refractivity contribution in [3.63, 3.8) is 0 Å². The Kier molecular flexibility index (Phi) is 4.65. The fourth-order valence-corrected chi connectivity index (χ4v) is 2.27. The van der Waals surface area contributed by atoms with E-state index in [9.17, 15) is 4.79 Å². The molecule has 2 N–H and O–H groups in total. The third-order valence-electron chi connectivity index (χ3n) is 3.43. The Balaban J connectivity index is 2.27. The highest BCUT2D eigenvalue weighted by atomic mass is 16.5. The average molecular weight is 285 g/mol. The van der Waals surface area contributed by atoms with Gasteiger partial charge in [0, 0.05) is 35.6 Å². The molecule has 2 rings (SSSR count). The minimum atomic E-state index is -0.00592. The van der Waals surface area contributed by atoms with Crippen molar-refractivity contribution < 1.29 is 9.53 Å². The first-order valence-electron chi connectivity index (χ1n) is 6.74. The number of ether oxygens (including phenoxy) is 1. The Hall–Kier alpha value is -2.27. The molecule has 110 valence electrons. The van der Waals surface area contributed by atoms with E-state index in [0.29, 0.717) is 17.8 Å². The van der Waals surface area contributed by atoms with E-state index in [1.807, 2.05) is 13.8 Å². The Labute approximate surface area is 124 Å². The second-order valence-electron chi connectivity index (χ2n) is 4.89. The zero-order chi connectivity index (χ0) is 15.4. The molecule has 0 fully saturated rings. The molecule has 0 aliphatic heterocycles. The number of aromatic nitrogens is 2. The van der Waals surface area contributed by atoms with Gasteiger partial charge in [0.05, 0.1) is 24.9 Å². The highest BCUT2D eigenvalue weighted by Gasteiger charge is 2.14. The summed E-state index contributed by atoms with van der Waals surface area (Å²) in [6.45, 7) is 4.16. The topological polar surface area (TPSA) is 78.1 Å². The Morgan fingerprint density at radius 3 is 2.76 bits per heavy atom. The molecule has 5 nitrogen and oxygen atoms in total. The van der Waals surface area contributed by atoms with Crippen LogP contribution in [0.1, 0.15) is 32.9 Å². The van der Waals surface area contributed by atoms with E-state index in [2.05, 4.69) is 9.97 Å². The summed E-state index contributed by atoms with van der Waals surface area (Å²) < 4.78 is 5.36. The SMILES string of the molecule is COc1c(C)cnc(CC(=O)c2ccnc(CN)c2)c1C. The minimum absolute atomic E-state index is 0.00592. The summed E-state index contributed by atoms with van der Waals surface area (Å²) >= 11 is 0. The van der Waals surface area contributed by atoms with E-state index in [4.69, 9.17) is 10.5 Å². The maximum atomic E-state index is 12.4. The number of ketones is 1. The fraction of sp³-hybridized carbons (Fsp3) is 0.312. The third kappa shape index (κ3) is 3.25. The highest BCUT2D eigenvalue weighted by molar-refractivity contribution is 5.97. The summed E-state index contributed by atoms with van der Waals surface area (Å²) in [5, 5.41) is 0. The van der Waals surface area contributed by atoms with Crippen LogP contribution >= 0.6 is 0 Å². The van der Waals surface area contributed by atoms with Gasteiger partial charge in [-0.05, 0) is 26.0 Å². The Morgan fingerprint density at radius 2 is 2.10 bits per heavy atom. The lowest BCUT2D eigenvalue weighted by Gasteiger charge is -2.12. The number of aryl methyl sites for hydroxylation is 1. The molecule has 0 saturated heterocycles. The zero-order valence-corrected chi connectivity index (χ0v) is 12.5. The smallest absolute Gasteiger partial charge is 0.168 e. The van der Waals surface area contributed by atoms with E-state index in [0.717, 1.165) is 22.6 Å².